The second-order valence-electron chi connectivity index (χ2n) is 6.07. The fourth-order valence-electron chi connectivity index (χ4n) is 2.72. The van der Waals surface area contributed by atoms with Gasteiger partial charge in [-0.3, -0.25) is 24.6 Å². The number of carbonyl (C=O) groups excluding carboxylic acids is 2. The quantitative estimate of drug-likeness (QED) is 0.381. The molecule has 30 heavy (non-hydrogen) atoms. The van der Waals surface area contributed by atoms with Crippen LogP contribution in [0, 0.1) is 10.1 Å². The Labute approximate surface area is 176 Å². The largest absolute Gasteiger partial charge is 0.500 e. The van der Waals surface area contributed by atoms with E-state index in [0.29, 0.717) is 5.75 Å². The third kappa shape index (κ3) is 4.71. The third-order valence-corrected chi connectivity index (χ3v) is 4.98. The molecular formula is C20H18N2O7S. The van der Waals surface area contributed by atoms with Gasteiger partial charge in [0.2, 0.25) is 5.75 Å². The molecule has 0 saturated carbocycles. The van der Waals surface area contributed by atoms with Gasteiger partial charge >= 0.3 is 5.69 Å². The summed E-state index contributed by atoms with van der Waals surface area (Å²) >= 11 is 0.730. The van der Waals surface area contributed by atoms with E-state index in [4.69, 9.17) is 9.47 Å². The van der Waals surface area contributed by atoms with Gasteiger partial charge in [-0.05, 0) is 48.5 Å². The number of rotatable bonds is 8. The van der Waals surface area contributed by atoms with Crippen molar-refractivity contribution >= 4 is 34.7 Å². The second kappa shape index (κ2) is 9.31. The Balaban J connectivity index is 1.77. The number of carbonyl (C=O) groups is 2. The first-order valence-electron chi connectivity index (χ1n) is 8.98. The van der Waals surface area contributed by atoms with E-state index in [2.05, 4.69) is 0 Å². The molecule has 0 atom stereocenters. The van der Waals surface area contributed by atoms with Crippen LogP contribution in [0.15, 0.2) is 47.4 Å². The van der Waals surface area contributed by atoms with Gasteiger partial charge in [0.05, 0.1) is 23.0 Å². The smallest absolute Gasteiger partial charge is 0.315 e. The minimum absolute atomic E-state index is 0.0663. The molecule has 156 valence electrons. The molecular weight excluding hydrogens is 412 g/mol. The lowest BCUT2D eigenvalue weighted by Gasteiger charge is -2.13. The van der Waals surface area contributed by atoms with E-state index in [1.165, 1.54) is 12.1 Å². The van der Waals surface area contributed by atoms with Crippen molar-refractivity contribution in [3.05, 3.63) is 63.0 Å². The van der Waals surface area contributed by atoms with Crippen LogP contribution in [0.5, 0.6) is 17.2 Å². The standard InChI is InChI=1S/C20H18N2O7S/c1-2-28-16-11-13(10-15(18(16)23)22(26)27)12-17-19(24)21(20(25)30-17)8-9-29-14-6-4-3-5-7-14/h3-7,10-12,23H,2,8-9H2,1H3/b17-12-. The zero-order valence-corrected chi connectivity index (χ0v) is 16.8. The number of phenols is 1. The van der Waals surface area contributed by atoms with Gasteiger partial charge in [-0.2, -0.15) is 0 Å². The minimum Gasteiger partial charge on any atom is -0.500 e. The monoisotopic (exact) mass is 430 g/mol. The number of amides is 2. The molecule has 0 spiro atoms. The van der Waals surface area contributed by atoms with Gasteiger partial charge in [0.15, 0.2) is 5.75 Å². The van der Waals surface area contributed by atoms with Gasteiger partial charge in [-0.25, -0.2) is 0 Å². The van der Waals surface area contributed by atoms with Crippen LogP contribution in [0.25, 0.3) is 6.08 Å². The summed E-state index contributed by atoms with van der Waals surface area (Å²) in [5, 5.41) is 20.7. The van der Waals surface area contributed by atoms with Crippen LogP contribution in [-0.4, -0.2) is 45.8 Å². The van der Waals surface area contributed by atoms with E-state index < -0.39 is 27.5 Å². The maximum Gasteiger partial charge on any atom is 0.315 e. The highest BCUT2D eigenvalue weighted by atomic mass is 32.2. The lowest BCUT2D eigenvalue weighted by Crippen LogP contribution is -2.32. The zero-order chi connectivity index (χ0) is 21.7. The third-order valence-electron chi connectivity index (χ3n) is 4.07. The first-order valence-corrected chi connectivity index (χ1v) is 9.79. The molecule has 1 saturated heterocycles. The summed E-state index contributed by atoms with van der Waals surface area (Å²) in [5.41, 5.74) is -0.295. The Morgan fingerprint density at radius 3 is 2.60 bits per heavy atom. The van der Waals surface area contributed by atoms with E-state index in [1.54, 1.807) is 19.1 Å². The Morgan fingerprint density at radius 1 is 1.20 bits per heavy atom. The molecule has 2 aromatic rings. The molecule has 1 heterocycles. The fraction of sp³-hybridized carbons (Fsp3) is 0.200. The van der Waals surface area contributed by atoms with Crippen LogP contribution in [0.4, 0.5) is 10.5 Å². The first-order chi connectivity index (χ1) is 14.4. The number of nitrogens with zero attached hydrogens (tertiary/aromatic N) is 2. The van der Waals surface area contributed by atoms with Gasteiger partial charge < -0.3 is 14.6 Å². The van der Waals surface area contributed by atoms with Crippen molar-refractivity contribution in [3.63, 3.8) is 0 Å². The van der Waals surface area contributed by atoms with E-state index >= 15 is 0 Å². The minimum atomic E-state index is -0.748. The lowest BCUT2D eigenvalue weighted by molar-refractivity contribution is -0.386. The molecule has 0 aromatic heterocycles. The van der Waals surface area contributed by atoms with Gasteiger partial charge in [0.1, 0.15) is 12.4 Å². The van der Waals surface area contributed by atoms with Gasteiger partial charge in [0.25, 0.3) is 11.1 Å². The van der Waals surface area contributed by atoms with Crippen molar-refractivity contribution in [1.82, 2.24) is 4.90 Å². The number of nitro groups is 1. The number of nitro benzene ring substituents is 1. The summed E-state index contributed by atoms with van der Waals surface area (Å²) in [6.07, 6.45) is 1.36. The number of aromatic hydroxyl groups is 1. The Hall–Kier alpha value is -3.53. The molecule has 1 aliphatic rings. The molecule has 0 aliphatic carbocycles. The Bertz CT molecular complexity index is 1010. The van der Waals surface area contributed by atoms with Gasteiger partial charge in [0, 0.05) is 6.07 Å². The number of phenolic OH excluding ortho intramolecular Hbond substituents is 1. The molecule has 0 radical (unpaired) electrons. The van der Waals surface area contributed by atoms with Crippen LogP contribution in [0.2, 0.25) is 0 Å². The predicted molar refractivity (Wildman–Crippen MR) is 111 cm³/mol. The molecule has 0 unspecified atom stereocenters. The number of hydrogen-bond donors (Lipinski definition) is 1. The van der Waals surface area contributed by atoms with Crippen molar-refractivity contribution in [2.24, 2.45) is 0 Å². The number of thioether (sulfide) groups is 1. The molecule has 9 nitrogen and oxygen atoms in total. The number of para-hydroxylation sites is 1. The lowest BCUT2D eigenvalue weighted by atomic mass is 10.1. The van der Waals surface area contributed by atoms with Crippen LogP contribution < -0.4 is 9.47 Å². The summed E-state index contributed by atoms with van der Waals surface area (Å²) < 4.78 is 10.7. The molecule has 1 fully saturated rings. The summed E-state index contributed by atoms with van der Waals surface area (Å²) in [6.45, 7) is 2.05. The van der Waals surface area contributed by atoms with E-state index in [1.807, 2.05) is 18.2 Å². The summed E-state index contributed by atoms with van der Waals surface area (Å²) in [6, 6.07) is 11.5. The number of ether oxygens (including phenoxy) is 2. The highest BCUT2D eigenvalue weighted by molar-refractivity contribution is 8.18. The van der Waals surface area contributed by atoms with Crippen molar-refractivity contribution in [2.75, 3.05) is 19.8 Å². The molecule has 2 amide bonds. The van der Waals surface area contributed by atoms with Crippen LogP contribution in [0.3, 0.4) is 0 Å². The molecule has 1 aliphatic heterocycles. The Morgan fingerprint density at radius 2 is 1.93 bits per heavy atom. The highest BCUT2D eigenvalue weighted by Gasteiger charge is 2.35. The fourth-order valence-corrected chi connectivity index (χ4v) is 3.58. The highest BCUT2D eigenvalue weighted by Crippen LogP contribution is 2.39. The zero-order valence-electron chi connectivity index (χ0n) is 15.9. The van der Waals surface area contributed by atoms with Crippen LogP contribution in [-0.2, 0) is 4.79 Å². The van der Waals surface area contributed by atoms with Crippen molar-refractivity contribution in [3.8, 4) is 17.2 Å². The number of imide groups is 1. The molecule has 3 rings (SSSR count). The van der Waals surface area contributed by atoms with Crippen molar-refractivity contribution in [1.29, 1.82) is 0 Å². The van der Waals surface area contributed by atoms with E-state index in [9.17, 15) is 24.8 Å². The maximum atomic E-state index is 12.6. The van der Waals surface area contributed by atoms with Crippen molar-refractivity contribution in [2.45, 2.75) is 6.92 Å². The van der Waals surface area contributed by atoms with Gasteiger partial charge in [-0.1, -0.05) is 18.2 Å². The first kappa shape index (κ1) is 21.2. The van der Waals surface area contributed by atoms with E-state index in [-0.39, 0.29) is 36.0 Å². The summed E-state index contributed by atoms with van der Waals surface area (Å²) in [5.74, 6) is -0.561. The summed E-state index contributed by atoms with van der Waals surface area (Å²) in [7, 11) is 0. The molecule has 10 heteroatoms. The number of benzene rings is 2. The average molecular weight is 430 g/mol. The normalized spacial score (nSPS) is 15.0. The number of hydrogen-bond acceptors (Lipinski definition) is 8. The molecule has 1 N–H and O–H groups in total. The average Bonchev–Trinajstić information content (AvgIpc) is 2.98. The molecule has 2 aromatic carbocycles. The van der Waals surface area contributed by atoms with Gasteiger partial charge in [-0.15, -0.1) is 0 Å². The maximum absolute atomic E-state index is 12.6. The molecule has 0 bridgehead atoms. The second-order valence-corrected chi connectivity index (χ2v) is 7.06. The van der Waals surface area contributed by atoms with Crippen molar-refractivity contribution < 1.29 is 29.1 Å². The Kier molecular flexibility index (Phi) is 6.58. The predicted octanol–water partition coefficient (Wildman–Crippen LogP) is 3.81. The summed E-state index contributed by atoms with van der Waals surface area (Å²) in [4.78, 5) is 36.4. The van der Waals surface area contributed by atoms with Crippen LogP contribution >= 0.6 is 11.8 Å². The topological polar surface area (TPSA) is 119 Å². The van der Waals surface area contributed by atoms with E-state index in [0.717, 1.165) is 22.7 Å². The van der Waals surface area contributed by atoms with Crippen LogP contribution in [0.1, 0.15) is 12.5 Å². The SMILES string of the molecule is CCOc1cc(/C=C2\SC(=O)N(CCOc3ccccc3)C2=O)cc([N+](=O)[O-])c1O.